The molecular formula is C14H28N2O. The fourth-order valence-electron chi connectivity index (χ4n) is 2.59. The van der Waals surface area contributed by atoms with Crippen LogP contribution in [-0.2, 0) is 4.79 Å². The van der Waals surface area contributed by atoms with E-state index in [9.17, 15) is 4.79 Å². The van der Waals surface area contributed by atoms with Crippen LogP contribution in [0.4, 0.5) is 0 Å². The fourth-order valence-corrected chi connectivity index (χ4v) is 2.59. The van der Waals surface area contributed by atoms with E-state index >= 15 is 0 Å². The second-order valence-electron chi connectivity index (χ2n) is 5.13. The van der Waals surface area contributed by atoms with Crippen LogP contribution in [0.1, 0.15) is 58.8 Å². The third kappa shape index (κ3) is 5.53. The minimum atomic E-state index is 0.223. The fraction of sp³-hybridized carbons (Fsp3) is 0.929. The lowest BCUT2D eigenvalue weighted by Gasteiger charge is -2.32. The van der Waals surface area contributed by atoms with Crippen molar-refractivity contribution < 1.29 is 4.79 Å². The van der Waals surface area contributed by atoms with Crippen molar-refractivity contribution >= 4 is 5.91 Å². The maximum atomic E-state index is 11.6. The van der Waals surface area contributed by atoms with Gasteiger partial charge < -0.3 is 10.6 Å². The SMILES string of the molecule is CCCCCC(=O)NCC1NCCCC1CC. The standard InChI is InChI=1S/C14H28N2O/c1-3-5-6-9-14(17)16-11-13-12(4-2)8-7-10-15-13/h12-13,15H,3-11H2,1-2H3,(H,16,17). The summed E-state index contributed by atoms with van der Waals surface area (Å²) in [5.74, 6) is 0.959. The summed E-state index contributed by atoms with van der Waals surface area (Å²) >= 11 is 0. The van der Waals surface area contributed by atoms with E-state index in [2.05, 4.69) is 24.5 Å². The normalized spacial score (nSPS) is 24.6. The number of hydrogen-bond acceptors (Lipinski definition) is 2. The smallest absolute Gasteiger partial charge is 0.220 e. The van der Waals surface area contributed by atoms with E-state index in [0.717, 1.165) is 31.8 Å². The molecule has 0 aromatic carbocycles. The molecule has 3 heteroatoms. The van der Waals surface area contributed by atoms with Gasteiger partial charge in [0.1, 0.15) is 0 Å². The molecule has 1 aliphatic heterocycles. The molecule has 1 saturated heterocycles. The Balaban J connectivity index is 2.17. The Bertz CT molecular complexity index is 218. The van der Waals surface area contributed by atoms with Crippen LogP contribution in [0.2, 0.25) is 0 Å². The zero-order valence-electron chi connectivity index (χ0n) is 11.4. The monoisotopic (exact) mass is 240 g/mol. The van der Waals surface area contributed by atoms with Crippen LogP contribution >= 0.6 is 0 Å². The van der Waals surface area contributed by atoms with E-state index in [-0.39, 0.29) is 5.91 Å². The topological polar surface area (TPSA) is 41.1 Å². The molecule has 2 atom stereocenters. The molecule has 17 heavy (non-hydrogen) atoms. The van der Waals surface area contributed by atoms with E-state index in [1.807, 2.05) is 0 Å². The number of piperidine rings is 1. The number of rotatable bonds is 7. The lowest BCUT2D eigenvalue weighted by molar-refractivity contribution is -0.121. The molecule has 2 unspecified atom stereocenters. The van der Waals surface area contributed by atoms with Crippen molar-refractivity contribution in [3.8, 4) is 0 Å². The molecule has 0 aromatic rings. The summed E-state index contributed by atoms with van der Waals surface area (Å²) < 4.78 is 0. The molecular weight excluding hydrogens is 212 g/mol. The number of amides is 1. The lowest BCUT2D eigenvalue weighted by Crippen LogP contribution is -2.48. The summed E-state index contributed by atoms with van der Waals surface area (Å²) in [4.78, 5) is 11.6. The molecule has 0 bridgehead atoms. The molecule has 0 aromatic heterocycles. The van der Waals surface area contributed by atoms with Crippen LogP contribution in [-0.4, -0.2) is 25.0 Å². The lowest BCUT2D eigenvalue weighted by atomic mass is 9.88. The summed E-state index contributed by atoms with van der Waals surface area (Å²) in [6, 6.07) is 0.490. The average Bonchev–Trinajstić information content (AvgIpc) is 2.37. The van der Waals surface area contributed by atoms with Crippen molar-refractivity contribution in [2.75, 3.05) is 13.1 Å². The molecule has 0 spiro atoms. The molecule has 1 amide bonds. The Hall–Kier alpha value is -0.570. The van der Waals surface area contributed by atoms with Gasteiger partial charge in [-0.1, -0.05) is 33.1 Å². The Morgan fingerprint density at radius 1 is 1.35 bits per heavy atom. The van der Waals surface area contributed by atoms with Gasteiger partial charge >= 0.3 is 0 Å². The maximum Gasteiger partial charge on any atom is 0.220 e. The van der Waals surface area contributed by atoms with Crippen molar-refractivity contribution in [3.05, 3.63) is 0 Å². The van der Waals surface area contributed by atoms with Crippen LogP contribution in [0.25, 0.3) is 0 Å². The van der Waals surface area contributed by atoms with Crippen molar-refractivity contribution in [2.45, 2.75) is 64.8 Å². The molecule has 3 nitrogen and oxygen atoms in total. The second-order valence-corrected chi connectivity index (χ2v) is 5.13. The number of unbranched alkanes of at least 4 members (excludes halogenated alkanes) is 2. The quantitative estimate of drug-likeness (QED) is 0.671. The predicted molar refractivity (Wildman–Crippen MR) is 72.0 cm³/mol. The van der Waals surface area contributed by atoms with E-state index < -0.39 is 0 Å². The van der Waals surface area contributed by atoms with Gasteiger partial charge in [0, 0.05) is 19.0 Å². The van der Waals surface area contributed by atoms with Crippen LogP contribution in [0, 0.1) is 5.92 Å². The molecule has 100 valence electrons. The first kappa shape index (κ1) is 14.5. The van der Waals surface area contributed by atoms with Crippen molar-refractivity contribution in [1.82, 2.24) is 10.6 Å². The van der Waals surface area contributed by atoms with E-state index in [0.29, 0.717) is 12.5 Å². The van der Waals surface area contributed by atoms with E-state index in [1.54, 1.807) is 0 Å². The summed E-state index contributed by atoms with van der Waals surface area (Å²) in [6.45, 7) is 6.32. The van der Waals surface area contributed by atoms with Crippen molar-refractivity contribution in [3.63, 3.8) is 0 Å². The molecule has 1 fully saturated rings. The number of carbonyl (C=O) groups excluding carboxylic acids is 1. The zero-order valence-corrected chi connectivity index (χ0v) is 11.4. The Labute approximate surface area is 106 Å². The van der Waals surface area contributed by atoms with Gasteiger partial charge in [0.25, 0.3) is 0 Å². The molecule has 1 rings (SSSR count). The minimum absolute atomic E-state index is 0.223. The van der Waals surface area contributed by atoms with Gasteiger partial charge in [-0.3, -0.25) is 4.79 Å². The second kappa shape index (κ2) is 8.51. The first-order chi connectivity index (χ1) is 8.27. The molecule has 2 N–H and O–H groups in total. The highest BCUT2D eigenvalue weighted by atomic mass is 16.1. The molecule has 0 saturated carbocycles. The zero-order chi connectivity index (χ0) is 12.5. The highest BCUT2D eigenvalue weighted by Gasteiger charge is 2.23. The first-order valence-corrected chi connectivity index (χ1v) is 7.28. The van der Waals surface area contributed by atoms with Crippen molar-refractivity contribution in [2.24, 2.45) is 5.92 Å². The Morgan fingerprint density at radius 2 is 2.18 bits per heavy atom. The Morgan fingerprint density at radius 3 is 2.88 bits per heavy atom. The van der Waals surface area contributed by atoms with Gasteiger partial charge in [0.2, 0.25) is 5.91 Å². The van der Waals surface area contributed by atoms with Gasteiger partial charge in [-0.2, -0.15) is 0 Å². The molecule has 0 aliphatic carbocycles. The number of hydrogen-bond donors (Lipinski definition) is 2. The number of nitrogens with one attached hydrogen (secondary N) is 2. The summed E-state index contributed by atoms with van der Waals surface area (Å²) in [5.41, 5.74) is 0. The van der Waals surface area contributed by atoms with Gasteiger partial charge in [-0.05, 0) is 31.7 Å². The summed E-state index contributed by atoms with van der Waals surface area (Å²) in [7, 11) is 0. The van der Waals surface area contributed by atoms with Gasteiger partial charge in [-0.25, -0.2) is 0 Å². The molecule has 0 radical (unpaired) electrons. The highest BCUT2D eigenvalue weighted by Crippen LogP contribution is 2.19. The van der Waals surface area contributed by atoms with Crippen LogP contribution in [0.15, 0.2) is 0 Å². The van der Waals surface area contributed by atoms with E-state index in [1.165, 1.54) is 25.7 Å². The maximum absolute atomic E-state index is 11.6. The molecule has 1 aliphatic rings. The van der Waals surface area contributed by atoms with Crippen LogP contribution < -0.4 is 10.6 Å². The molecule has 1 heterocycles. The van der Waals surface area contributed by atoms with Gasteiger partial charge in [-0.15, -0.1) is 0 Å². The summed E-state index contributed by atoms with van der Waals surface area (Å²) in [6.07, 6.45) is 7.85. The average molecular weight is 240 g/mol. The van der Waals surface area contributed by atoms with Gasteiger partial charge in [0.15, 0.2) is 0 Å². The largest absolute Gasteiger partial charge is 0.355 e. The van der Waals surface area contributed by atoms with Crippen LogP contribution in [0.5, 0.6) is 0 Å². The summed E-state index contributed by atoms with van der Waals surface area (Å²) in [5, 5.41) is 6.60. The third-order valence-electron chi connectivity index (χ3n) is 3.78. The van der Waals surface area contributed by atoms with Crippen molar-refractivity contribution in [1.29, 1.82) is 0 Å². The van der Waals surface area contributed by atoms with Gasteiger partial charge in [0.05, 0.1) is 0 Å². The first-order valence-electron chi connectivity index (χ1n) is 7.28. The minimum Gasteiger partial charge on any atom is -0.355 e. The third-order valence-corrected chi connectivity index (χ3v) is 3.78. The van der Waals surface area contributed by atoms with E-state index in [4.69, 9.17) is 0 Å². The number of carbonyl (C=O) groups is 1. The Kier molecular flexibility index (Phi) is 7.25. The highest BCUT2D eigenvalue weighted by molar-refractivity contribution is 5.75. The van der Waals surface area contributed by atoms with Crippen LogP contribution in [0.3, 0.4) is 0 Å². The predicted octanol–water partition coefficient (Wildman–Crippen LogP) is 2.46.